The van der Waals surface area contributed by atoms with Crippen molar-refractivity contribution in [2.24, 2.45) is 0 Å². The zero-order chi connectivity index (χ0) is 13.4. The van der Waals surface area contributed by atoms with Crippen LogP contribution < -0.4 is 15.4 Å². The largest absolute Gasteiger partial charge is 0.496 e. The molecule has 0 heterocycles. The Hall–Kier alpha value is -1.55. The van der Waals surface area contributed by atoms with Gasteiger partial charge in [0.2, 0.25) is 0 Å². The summed E-state index contributed by atoms with van der Waals surface area (Å²) in [6.07, 6.45) is 2.65. The van der Waals surface area contributed by atoms with Gasteiger partial charge in [0.15, 0.2) is 5.11 Å². The van der Waals surface area contributed by atoms with Crippen LogP contribution in [0.5, 0.6) is 5.75 Å². The smallest absolute Gasteiger partial charge is 0.166 e. The quantitative estimate of drug-likeness (QED) is 0.609. The Morgan fingerprint density at radius 2 is 2.22 bits per heavy atom. The molecule has 98 valence electrons. The molecule has 0 fully saturated rings. The number of hydrogen-bond acceptors (Lipinski definition) is 2. The molecular formula is C14H20N2OS. The van der Waals surface area contributed by atoms with Crippen molar-refractivity contribution in [2.45, 2.75) is 13.3 Å². The van der Waals surface area contributed by atoms with Gasteiger partial charge < -0.3 is 15.4 Å². The molecule has 0 spiro atoms. The van der Waals surface area contributed by atoms with Crippen LogP contribution >= 0.6 is 12.2 Å². The number of nitrogens with one attached hydrogen (secondary N) is 2. The van der Waals surface area contributed by atoms with Gasteiger partial charge in [0.1, 0.15) is 5.75 Å². The van der Waals surface area contributed by atoms with Crippen LogP contribution in [0.2, 0.25) is 0 Å². The van der Waals surface area contributed by atoms with Crippen LogP contribution in [0, 0.1) is 6.92 Å². The minimum atomic E-state index is 0.654. The molecule has 4 heteroatoms. The van der Waals surface area contributed by atoms with E-state index in [0.29, 0.717) is 11.7 Å². The van der Waals surface area contributed by atoms with Crippen molar-refractivity contribution < 1.29 is 4.74 Å². The van der Waals surface area contributed by atoms with Crippen molar-refractivity contribution in [3.63, 3.8) is 0 Å². The highest BCUT2D eigenvalue weighted by molar-refractivity contribution is 7.80. The van der Waals surface area contributed by atoms with Crippen LogP contribution in [0.15, 0.2) is 30.9 Å². The van der Waals surface area contributed by atoms with Crippen molar-refractivity contribution in [3.8, 4) is 5.75 Å². The second kappa shape index (κ2) is 7.71. The first-order valence-corrected chi connectivity index (χ1v) is 6.34. The summed E-state index contributed by atoms with van der Waals surface area (Å²) in [6.45, 7) is 7.16. The number of rotatable bonds is 6. The summed E-state index contributed by atoms with van der Waals surface area (Å²) in [7, 11) is 1.69. The molecular weight excluding hydrogens is 244 g/mol. The van der Waals surface area contributed by atoms with Crippen LogP contribution in [-0.2, 0) is 6.42 Å². The maximum absolute atomic E-state index is 5.33. The van der Waals surface area contributed by atoms with Gasteiger partial charge in [0.25, 0.3) is 0 Å². The van der Waals surface area contributed by atoms with Gasteiger partial charge in [0, 0.05) is 13.1 Å². The fraction of sp³-hybridized carbons (Fsp3) is 0.357. The SMILES string of the molecule is C=CCNC(=S)NCCc1cc(C)ccc1OC. The van der Waals surface area contributed by atoms with Crippen LogP contribution in [-0.4, -0.2) is 25.3 Å². The van der Waals surface area contributed by atoms with Gasteiger partial charge in [0.05, 0.1) is 7.11 Å². The lowest BCUT2D eigenvalue weighted by Gasteiger charge is -2.11. The van der Waals surface area contributed by atoms with Gasteiger partial charge >= 0.3 is 0 Å². The van der Waals surface area contributed by atoms with Crippen molar-refractivity contribution in [1.29, 1.82) is 0 Å². The summed E-state index contributed by atoms with van der Waals surface area (Å²) >= 11 is 5.12. The molecule has 0 atom stereocenters. The summed E-state index contributed by atoms with van der Waals surface area (Å²) in [5.41, 5.74) is 2.43. The Bertz CT molecular complexity index is 418. The lowest BCUT2D eigenvalue weighted by molar-refractivity contribution is 0.409. The minimum absolute atomic E-state index is 0.654. The molecule has 0 aliphatic carbocycles. The molecule has 0 aliphatic rings. The Morgan fingerprint density at radius 3 is 2.89 bits per heavy atom. The topological polar surface area (TPSA) is 33.3 Å². The highest BCUT2D eigenvalue weighted by atomic mass is 32.1. The summed E-state index contributed by atoms with van der Waals surface area (Å²) in [5, 5.41) is 6.84. The highest BCUT2D eigenvalue weighted by Crippen LogP contribution is 2.19. The first-order chi connectivity index (χ1) is 8.67. The van der Waals surface area contributed by atoms with Crippen LogP contribution in [0.4, 0.5) is 0 Å². The third kappa shape index (κ3) is 4.75. The molecule has 0 radical (unpaired) electrons. The minimum Gasteiger partial charge on any atom is -0.496 e. The van der Waals surface area contributed by atoms with Crippen LogP contribution in [0.3, 0.4) is 0 Å². The number of methoxy groups -OCH3 is 1. The van der Waals surface area contributed by atoms with E-state index >= 15 is 0 Å². The van der Waals surface area contributed by atoms with Gasteiger partial charge in [-0.05, 0) is 37.2 Å². The summed E-state index contributed by atoms with van der Waals surface area (Å²) < 4.78 is 5.33. The first kappa shape index (κ1) is 14.5. The lowest BCUT2D eigenvalue weighted by atomic mass is 10.1. The van der Waals surface area contributed by atoms with Crippen molar-refractivity contribution in [3.05, 3.63) is 42.0 Å². The second-order valence-electron chi connectivity index (χ2n) is 3.99. The molecule has 3 nitrogen and oxygen atoms in total. The van der Waals surface area contributed by atoms with Crippen LogP contribution in [0.25, 0.3) is 0 Å². The fourth-order valence-corrected chi connectivity index (χ4v) is 1.83. The molecule has 0 aliphatic heterocycles. The molecule has 0 bridgehead atoms. The predicted octanol–water partition coefficient (Wildman–Crippen LogP) is 2.20. The van der Waals surface area contributed by atoms with E-state index in [1.165, 1.54) is 11.1 Å². The molecule has 1 aromatic rings. The van der Waals surface area contributed by atoms with Gasteiger partial charge in [-0.1, -0.05) is 23.8 Å². The highest BCUT2D eigenvalue weighted by Gasteiger charge is 2.03. The molecule has 0 unspecified atom stereocenters. The van der Waals surface area contributed by atoms with Gasteiger partial charge in [-0.3, -0.25) is 0 Å². The maximum atomic E-state index is 5.33. The van der Waals surface area contributed by atoms with E-state index in [1.807, 2.05) is 12.1 Å². The number of thiocarbonyl (C=S) groups is 1. The lowest BCUT2D eigenvalue weighted by Crippen LogP contribution is -2.36. The Labute approximate surface area is 114 Å². The van der Waals surface area contributed by atoms with E-state index in [1.54, 1.807) is 13.2 Å². The maximum Gasteiger partial charge on any atom is 0.166 e. The van der Waals surface area contributed by atoms with E-state index in [0.717, 1.165) is 18.7 Å². The van der Waals surface area contributed by atoms with E-state index in [9.17, 15) is 0 Å². The van der Waals surface area contributed by atoms with E-state index in [4.69, 9.17) is 17.0 Å². The van der Waals surface area contributed by atoms with Crippen molar-refractivity contribution in [1.82, 2.24) is 10.6 Å². The molecule has 0 saturated heterocycles. The van der Waals surface area contributed by atoms with E-state index < -0.39 is 0 Å². The van der Waals surface area contributed by atoms with Crippen molar-refractivity contribution >= 4 is 17.3 Å². The summed E-state index contributed by atoms with van der Waals surface area (Å²) in [6, 6.07) is 6.19. The second-order valence-corrected chi connectivity index (χ2v) is 4.40. The third-order valence-electron chi connectivity index (χ3n) is 2.52. The van der Waals surface area contributed by atoms with Crippen molar-refractivity contribution in [2.75, 3.05) is 20.2 Å². The molecule has 0 amide bonds. The standard InChI is InChI=1S/C14H20N2OS/c1-4-8-15-14(18)16-9-7-12-10-11(2)5-6-13(12)17-3/h4-6,10H,1,7-9H2,2-3H3,(H2,15,16,18). The summed E-state index contributed by atoms with van der Waals surface area (Å²) in [4.78, 5) is 0. The molecule has 2 N–H and O–H groups in total. The third-order valence-corrected chi connectivity index (χ3v) is 2.81. The number of benzene rings is 1. The summed E-state index contributed by atoms with van der Waals surface area (Å²) in [5.74, 6) is 0.923. The van der Waals surface area contributed by atoms with Crippen LogP contribution in [0.1, 0.15) is 11.1 Å². The average Bonchev–Trinajstić information content (AvgIpc) is 2.36. The van der Waals surface area contributed by atoms with Gasteiger partial charge in [-0.25, -0.2) is 0 Å². The average molecular weight is 264 g/mol. The Balaban J connectivity index is 2.45. The fourth-order valence-electron chi connectivity index (χ4n) is 1.64. The van der Waals surface area contributed by atoms with E-state index in [-0.39, 0.29) is 0 Å². The Kier molecular flexibility index (Phi) is 6.22. The molecule has 18 heavy (non-hydrogen) atoms. The molecule has 0 aromatic heterocycles. The molecule has 1 rings (SSSR count). The van der Waals surface area contributed by atoms with Gasteiger partial charge in [-0.2, -0.15) is 0 Å². The zero-order valence-corrected chi connectivity index (χ0v) is 11.8. The van der Waals surface area contributed by atoms with E-state index in [2.05, 4.69) is 30.2 Å². The normalized spacial score (nSPS) is 9.67. The first-order valence-electron chi connectivity index (χ1n) is 5.93. The number of aryl methyl sites for hydroxylation is 1. The Morgan fingerprint density at radius 1 is 1.44 bits per heavy atom. The number of ether oxygens (including phenoxy) is 1. The zero-order valence-electron chi connectivity index (χ0n) is 11.0. The van der Waals surface area contributed by atoms with Gasteiger partial charge in [-0.15, -0.1) is 6.58 Å². The monoisotopic (exact) mass is 264 g/mol. The molecule has 1 aromatic carbocycles. The molecule has 0 saturated carbocycles. The predicted molar refractivity (Wildman–Crippen MR) is 80.2 cm³/mol. The number of hydrogen-bond donors (Lipinski definition) is 2.